The van der Waals surface area contributed by atoms with E-state index >= 15 is 0 Å². The Morgan fingerprint density at radius 3 is 2.30 bits per heavy atom. The van der Waals surface area contributed by atoms with Gasteiger partial charge in [0.2, 0.25) is 0 Å². The lowest BCUT2D eigenvalue weighted by Gasteiger charge is -2.25. The molecule has 0 unspecified atom stereocenters. The summed E-state index contributed by atoms with van der Waals surface area (Å²) in [5.74, 6) is -0.126. The Kier molecular flexibility index (Phi) is 5.83. The number of urea groups is 1. The number of nitrogens with zero attached hydrogens (tertiary/aromatic N) is 2. The fourth-order valence-corrected chi connectivity index (χ4v) is 1.74. The van der Waals surface area contributed by atoms with E-state index < -0.39 is 5.97 Å². The van der Waals surface area contributed by atoms with E-state index in [9.17, 15) is 9.59 Å². The minimum absolute atomic E-state index is 0.0594. The molecule has 1 aromatic rings. The topological polar surface area (TPSA) is 70.1 Å². The molecule has 0 spiro atoms. The highest BCUT2D eigenvalue weighted by Gasteiger charge is 2.15. The number of aliphatic carboxylic acids is 1. The number of hydrogen-bond donors (Lipinski definition) is 1. The first-order chi connectivity index (χ1) is 9.45. The molecule has 1 aromatic carbocycles. The number of carbonyl (C=O) groups is 2. The number of anilines is 1. The smallest absolute Gasteiger partial charge is 0.323 e. The predicted molar refractivity (Wildman–Crippen MR) is 76.3 cm³/mol. The average molecular weight is 280 g/mol. The summed E-state index contributed by atoms with van der Waals surface area (Å²) < 4.78 is 5.06. The van der Waals surface area contributed by atoms with Crippen molar-refractivity contribution in [1.29, 1.82) is 0 Å². The number of methoxy groups -OCH3 is 1. The van der Waals surface area contributed by atoms with Crippen molar-refractivity contribution in [3.63, 3.8) is 0 Å². The van der Waals surface area contributed by atoms with Crippen LogP contribution in [0.4, 0.5) is 10.5 Å². The maximum absolute atomic E-state index is 12.1. The number of amides is 2. The molecule has 6 heteroatoms. The van der Waals surface area contributed by atoms with Crippen LogP contribution in [0.2, 0.25) is 0 Å². The number of benzene rings is 1. The van der Waals surface area contributed by atoms with Gasteiger partial charge in [0.15, 0.2) is 0 Å². The minimum atomic E-state index is -0.852. The summed E-state index contributed by atoms with van der Waals surface area (Å²) in [5, 5.41) is 8.58. The van der Waals surface area contributed by atoms with Crippen LogP contribution < -0.4 is 9.64 Å². The molecular weight excluding hydrogens is 260 g/mol. The summed E-state index contributed by atoms with van der Waals surface area (Å²) in [6.45, 7) is 0.408. The first kappa shape index (κ1) is 15.8. The zero-order valence-electron chi connectivity index (χ0n) is 12.0. The maximum Gasteiger partial charge on any atom is 0.323 e. The van der Waals surface area contributed by atoms with Crippen molar-refractivity contribution in [3.05, 3.63) is 24.3 Å². The summed E-state index contributed by atoms with van der Waals surface area (Å²) in [4.78, 5) is 25.6. The molecule has 6 nitrogen and oxygen atoms in total. The molecule has 0 bridgehead atoms. The van der Waals surface area contributed by atoms with Crippen molar-refractivity contribution in [2.24, 2.45) is 0 Å². The molecule has 0 aliphatic rings. The standard InChI is InChI=1S/C14H20N2O4/c1-15(10-4-5-13(17)18)14(19)16(2)11-6-8-12(20-3)9-7-11/h6-9H,4-5,10H2,1-3H3,(H,17,18). The molecule has 0 aliphatic carbocycles. The van der Waals surface area contributed by atoms with Gasteiger partial charge in [-0.2, -0.15) is 0 Å². The van der Waals surface area contributed by atoms with Gasteiger partial charge in [-0.15, -0.1) is 0 Å². The van der Waals surface area contributed by atoms with Gasteiger partial charge >= 0.3 is 12.0 Å². The van der Waals surface area contributed by atoms with Crippen molar-refractivity contribution >= 4 is 17.7 Å². The minimum Gasteiger partial charge on any atom is -0.497 e. The lowest BCUT2D eigenvalue weighted by Crippen LogP contribution is -2.39. The van der Waals surface area contributed by atoms with E-state index in [1.807, 2.05) is 0 Å². The lowest BCUT2D eigenvalue weighted by molar-refractivity contribution is -0.137. The molecule has 1 N–H and O–H groups in total. The molecular formula is C14H20N2O4. The second-order valence-electron chi connectivity index (χ2n) is 4.46. The van der Waals surface area contributed by atoms with Gasteiger partial charge in [0, 0.05) is 32.7 Å². The van der Waals surface area contributed by atoms with Crippen LogP contribution in [0, 0.1) is 0 Å². The van der Waals surface area contributed by atoms with E-state index in [2.05, 4.69) is 0 Å². The third kappa shape index (κ3) is 4.46. The molecule has 0 heterocycles. The predicted octanol–water partition coefficient (Wildman–Crippen LogP) is 2.05. The number of carboxylic acids is 1. The molecule has 0 atom stereocenters. The molecule has 0 saturated heterocycles. The molecule has 1 rings (SSSR count). The third-order valence-electron chi connectivity index (χ3n) is 2.96. The van der Waals surface area contributed by atoms with Crippen molar-refractivity contribution in [1.82, 2.24) is 4.90 Å². The molecule has 0 aliphatic heterocycles. The normalized spacial score (nSPS) is 9.95. The Morgan fingerprint density at radius 2 is 1.80 bits per heavy atom. The van der Waals surface area contributed by atoms with Gasteiger partial charge in [-0.25, -0.2) is 4.79 Å². The number of ether oxygens (including phenoxy) is 1. The molecule has 0 radical (unpaired) electrons. The van der Waals surface area contributed by atoms with Crippen molar-refractivity contribution in [2.75, 3.05) is 32.6 Å². The van der Waals surface area contributed by atoms with E-state index in [-0.39, 0.29) is 12.5 Å². The quantitative estimate of drug-likeness (QED) is 0.865. The fourth-order valence-electron chi connectivity index (χ4n) is 1.74. The monoisotopic (exact) mass is 280 g/mol. The number of carboxylic acid groups (broad SMARTS) is 1. The van der Waals surface area contributed by atoms with Crippen molar-refractivity contribution in [3.8, 4) is 5.75 Å². The first-order valence-electron chi connectivity index (χ1n) is 6.30. The SMILES string of the molecule is COc1ccc(N(C)C(=O)N(C)CCCC(=O)O)cc1. The summed E-state index contributed by atoms with van der Waals surface area (Å²) in [6.07, 6.45) is 0.498. The van der Waals surface area contributed by atoms with Crippen LogP contribution in [0.25, 0.3) is 0 Å². The summed E-state index contributed by atoms with van der Waals surface area (Å²) in [6, 6.07) is 6.97. The summed E-state index contributed by atoms with van der Waals surface area (Å²) in [5.41, 5.74) is 0.751. The Labute approximate surface area is 118 Å². The van der Waals surface area contributed by atoms with Crippen LogP contribution in [-0.2, 0) is 4.79 Å². The van der Waals surface area contributed by atoms with Gasteiger partial charge in [0.1, 0.15) is 5.75 Å². The second-order valence-corrected chi connectivity index (χ2v) is 4.46. The van der Waals surface area contributed by atoms with Gasteiger partial charge < -0.3 is 14.7 Å². The fraction of sp³-hybridized carbons (Fsp3) is 0.429. The van der Waals surface area contributed by atoms with Gasteiger partial charge in [0.05, 0.1) is 7.11 Å². The van der Waals surface area contributed by atoms with E-state index in [0.717, 1.165) is 11.4 Å². The molecule has 0 fully saturated rings. The van der Waals surface area contributed by atoms with Crippen LogP contribution in [0.5, 0.6) is 5.75 Å². The second kappa shape index (κ2) is 7.37. The van der Waals surface area contributed by atoms with Crippen molar-refractivity contribution < 1.29 is 19.4 Å². The molecule has 110 valence electrons. The third-order valence-corrected chi connectivity index (χ3v) is 2.96. The molecule has 20 heavy (non-hydrogen) atoms. The van der Waals surface area contributed by atoms with Crippen LogP contribution in [0.1, 0.15) is 12.8 Å². The molecule has 0 aromatic heterocycles. The maximum atomic E-state index is 12.1. The highest BCUT2D eigenvalue weighted by molar-refractivity contribution is 5.91. The lowest BCUT2D eigenvalue weighted by atomic mass is 10.3. The van der Waals surface area contributed by atoms with Gasteiger partial charge in [-0.1, -0.05) is 0 Å². The largest absolute Gasteiger partial charge is 0.497 e. The van der Waals surface area contributed by atoms with Gasteiger partial charge in [-0.05, 0) is 30.7 Å². The number of rotatable bonds is 6. The van der Waals surface area contributed by atoms with Gasteiger partial charge in [-0.3, -0.25) is 9.69 Å². The Bertz CT molecular complexity index is 459. The van der Waals surface area contributed by atoms with E-state index in [1.165, 1.54) is 9.80 Å². The van der Waals surface area contributed by atoms with E-state index in [0.29, 0.717) is 13.0 Å². The Balaban J connectivity index is 2.58. The molecule has 2 amide bonds. The highest BCUT2D eigenvalue weighted by atomic mass is 16.5. The molecule has 0 saturated carbocycles. The van der Waals surface area contributed by atoms with Crippen molar-refractivity contribution in [2.45, 2.75) is 12.8 Å². The zero-order chi connectivity index (χ0) is 15.1. The average Bonchev–Trinajstić information content (AvgIpc) is 2.45. The summed E-state index contributed by atoms with van der Waals surface area (Å²) >= 11 is 0. The Morgan fingerprint density at radius 1 is 1.20 bits per heavy atom. The highest BCUT2D eigenvalue weighted by Crippen LogP contribution is 2.19. The van der Waals surface area contributed by atoms with Crippen LogP contribution in [0.3, 0.4) is 0 Å². The van der Waals surface area contributed by atoms with E-state index in [1.54, 1.807) is 45.5 Å². The number of hydrogen-bond acceptors (Lipinski definition) is 3. The number of carbonyl (C=O) groups excluding carboxylic acids is 1. The first-order valence-corrected chi connectivity index (χ1v) is 6.30. The Hall–Kier alpha value is -2.24. The summed E-state index contributed by atoms with van der Waals surface area (Å²) in [7, 11) is 4.92. The van der Waals surface area contributed by atoms with E-state index in [4.69, 9.17) is 9.84 Å². The zero-order valence-corrected chi connectivity index (χ0v) is 12.0. The van der Waals surface area contributed by atoms with Gasteiger partial charge in [0.25, 0.3) is 0 Å². The van der Waals surface area contributed by atoms with Crippen LogP contribution in [-0.4, -0.2) is 49.8 Å². The van der Waals surface area contributed by atoms with Crippen LogP contribution in [0.15, 0.2) is 24.3 Å². The van der Waals surface area contributed by atoms with Crippen LogP contribution >= 0.6 is 0 Å².